The molecule has 0 unspecified atom stereocenters. The monoisotopic (exact) mass is 409 g/mol. The Bertz CT molecular complexity index is 503. The molecule has 1 aromatic rings. The van der Waals surface area contributed by atoms with E-state index in [9.17, 15) is 4.79 Å². The van der Waals surface area contributed by atoms with Crippen LogP contribution in [0.5, 0.6) is 5.75 Å². The Kier molecular flexibility index (Phi) is 5.51. The van der Waals surface area contributed by atoms with Crippen LogP contribution in [0.15, 0.2) is 12.1 Å². The lowest BCUT2D eigenvalue weighted by Crippen LogP contribution is -2.40. The molecular weight excluding hydrogens is 393 g/mol. The molecule has 1 aromatic carbocycles. The molecule has 110 valence electrons. The Labute approximate surface area is 137 Å². The third-order valence-corrected chi connectivity index (χ3v) is 4.89. The van der Waals surface area contributed by atoms with Crippen molar-refractivity contribution in [2.45, 2.75) is 31.9 Å². The van der Waals surface area contributed by atoms with Gasteiger partial charge < -0.3 is 14.8 Å². The third-order valence-electron chi connectivity index (χ3n) is 3.37. The molecule has 1 N–H and O–H groups in total. The number of hydrogen-bond donors (Lipinski definition) is 1. The molecule has 1 aliphatic heterocycles. The first-order valence-electron chi connectivity index (χ1n) is 6.48. The van der Waals surface area contributed by atoms with Crippen molar-refractivity contribution in [2.75, 3.05) is 13.7 Å². The van der Waals surface area contributed by atoms with Gasteiger partial charge in [0.2, 0.25) is 0 Å². The number of amides is 1. The van der Waals surface area contributed by atoms with Crippen LogP contribution in [0.3, 0.4) is 0 Å². The van der Waals surface area contributed by atoms with E-state index in [1.54, 1.807) is 19.2 Å². The fraction of sp³-hybridized carbons (Fsp3) is 0.500. The van der Waals surface area contributed by atoms with Gasteiger partial charge in [0.1, 0.15) is 5.75 Å². The topological polar surface area (TPSA) is 47.6 Å². The predicted octanol–water partition coefficient (Wildman–Crippen LogP) is 3.25. The van der Waals surface area contributed by atoms with Crippen molar-refractivity contribution < 1.29 is 14.3 Å². The number of nitrogens with one attached hydrogen (secondary N) is 1. The summed E-state index contributed by atoms with van der Waals surface area (Å²) >= 11 is 8.19. The average molecular weight is 410 g/mol. The Morgan fingerprint density at radius 2 is 2.35 bits per heavy atom. The molecule has 0 bridgehead atoms. The van der Waals surface area contributed by atoms with Crippen molar-refractivity contribution in [3.8, 4) is 5.75 Å². The highest BCUT2D eigenvalue weighted by molar-refractivity contribution is 14.1. The Balaban J connectivity index is 2.14. The summed E-state index contributed by atoms with van der Waals surface area (Å²) in [6, 6.07) is 3.36. The fourth-order valence-electron chi connectivity index (χ4n) is 2.25. The molecule has 4 nitrogen and oxygen atoms in total. The number of hydrogen-bond acceptors (Lipinski definition) is 3. The number of carbonyl (C=O) groups is 1. The van der Waals surface area contributed by atoms with Crippen LogP contribution >= 0.6 is 34.2 Å². The Morgan fingerprint density at radius 1 is 1.60 bits per heavy atom. The lowest BCUT2D eigenvalue weighted by atomic mass is 10.1. The predicted molar refractivity (Wildman–Crippen MR) is 86.6 cm³/mol. The second kappa shape index (κ2) is 6.95. The van der Waals surface area contributed by atoms with Crippen LogP contribution in [-0.2, 0) is 4.74 Å². The van der Waals surface area contributed by atoms with Gasteiger partial charge in [-0.2, -0.15) is 0 Å². The first-order chi connectivity index (χ1) is 9.52. The van der Waals surface area contributed by atoms with Crippen LogP contribution in [0, 0.1) is 3.57 Å². The lowest BCUT2D eigenvalue weighted by molar-refractivity contribution is 0.0710. The number of carbonyl (C=O) groups excluding carboxylic acids is 1. The summed E-state index contributed by atoms with van der Waals surface area (Å²) in [5.41, 5.74) is 0.447. The maximum absolute atomic E-state index is 12.3. The van der Waals surface area contributed by atoms with Crippen LogP contribution in [0.2, 0.25) is 5.02 Å². The Morgan fingerprint density at radius 3 is 2.95 bits per heavy atom. The zero-order valence-corrected chi connectivity index (χ0v) is 14.3. The van der Waals surface area contributed by atoms with Crippen molar-refractivity contribution >= 4 is 40.1 Å². The van der Waals surface area contributed by atoms with E-state index in [1.165, 1.54) is 0 Å². The maximum Gasteiger partial charge on any atom is 0.255 e. The van der Waals surface area contributed by atoms with Gasteiger partial charge >= 0.3 is 0 Å². The molecule has 20 heavy (non-hydrogen) atoms. The smallest absolute Gasteiger partial charge is 0.255 e. The summed E-state index contributed by atoms with van der Waals surface area (Å²) in [6.45, 7) is 2.72. The normalized spacial score (nSPS) is 19.7. The van der Waals surface area contributed by atoms with Crippen LogP contribution in [0.4, 0.5) is 0 Å². The molecule has 2 rings (SSSR count). The molecule has 0 spiro atoms. The molecule has 0 aromatic heterocycles. The van der Waals surface area contributed by atoms with Gasteiger partial charge in [-0.25, -0.2) is 0 Å². The van der Waals surface area contributed by atoms with E-state index in [0.29, 0.717) is 16.3 Å². The second-order valence-corrected chi connectivity index (χ2v) is 6.35. The van der Waals surface area contributed by atoms with Crippen LogP contribution in [-0.4, -0.2) is 31.8 Å². The molecule has 0 saturated carbocycles. The zero-order valence-electron chi connectivity index (χ0n) is 11.4. The standard InChI is InChI=1S/C14H17ClINO3/c1-8(12-4-3-5-20-12)17-14(18)9-6-10(15)11(16)7-13(9)19-2/h6-8,12H,3-5H2,1-2H3,(H,17,18)/t8-,12+/m0/s1. The van der Waals surface area contributed by atoms with E-state index in [4.69, 9.17) is 21.1 Å². The molecule has 1 heterocycles. The highest BCUT2D eigenvalue weighted by Gasteiger charge is 2.25. The summed E-state index contributed by atoms with van der Waals surface area (Å²) in [5, 5.41) is 3.50. The van der Waals surface area contributed by atoms with Gasteiger partial charge in [0, 0.05) is 10.2 Å². The van der Waals surface area contributed by atoms with E-state index in [0.717, 1.165) is 23.0 Å². The van der Waals surface area contributed by atoms with Gasteiger partial charge in [0.25, 0.3) is 5.91 Å². The zero-order chi connectivity index (χ0) is 14.7. The molecule has 1 fully saturated rings. The SMILES string of the molecule is COc1cc(I)c(Cl)cc1C(=O)N[C@@H](C)[C@H]1CCCO1. The van der Waals surface area contributed by atoms with Crippen molar-refractivity contribution in [3.63, 3.8) is 0 Å². The molecule has 0 radical (unpaired) electrons. The molecular formula is C14H17ClINO3. The fourth-order valence-corrected chi connectivity index (χ4v) is 2.85. The maximum atomic E-state index is 12.3. The van der Waals surface area contributed by atoms with E-state index in [1.807, 2.05) is 6.92 Å². The summed E-state index contributed by atoms with van der Waals surface area (Å²) < 4.78 is 11.7. The highest BCUT2D eigenvalue weighted by Crippen LogP contribution is 2.28. The Hall–Kier alpha value is -0.530. The van der Waals surface area contributed by atoms with Crippen LogP contribution in [0.25, 0.3) is 0 Å². The highest BCUT2D eigenvalue weighted by atomic mass is 127. The lowest BCUT2D eigenvalue weighted by Gasteiger charge is -2.20. The summed E-state index contributed by atoms with van der Waals surface area (Å²) in [5.74, 6) is 0.332. The third kappa shape index (κ3) is 3.56. The molecule has 1 saturated heterocycles. The summed E-state index contributed by atoms with van der Waals surface area (Å²) in [4.78, 5) is 12.3. The van der Waals surface area contributed by atoms with Gasteiger partial charge in [-0.15, -0.1) is 0 Å². The van der Waals surface area contributed by atoms with Gasteiger partial charge in [0.05, 0.1) is 29.8 Å². The number of halogens is 2. The average Bonchev–Trinajstić information content (AvgIpc) is 2.95. The first-order valence-corrected chi connectivity index (χ1v) is 7.94. The second-order valence-electron chi connectivity index (χ2n) is 4.78. The van der Waals surface area contributed by atoms with Gasteiger partial charge in [-0.05, 0) is 54.5 Å². The number of benzene rings is 1. The molecule has 1 amide bonds. The van der Waals surface area contributed by atoms with Crippen molar-refractivity contribution in [1.29, 1.82) is 0 Å². The largest absolute Gasteiger partial charge is 0.496 e. The number of methoxy groups -OCH3 is 1. The summed E-state index contributed by atoms with van der Waals surface area (Å²) in [7, 11) is 1.54. The first kappa shape index (κ1) is 15.9. The van der Waals surface area contributed by atoms with Crippen molar-refractivity contribution in [2.24, 2.45) is 0 Å². The number of rotatable bonds is 4. The van der Waals surface area contributed by atoms with Gasteiger partial charge in [0.15, 0.2) is 0 Å². The van der Waals surface area contributed by atoms with E-state index in [2.05, 4.69) is 27.9 Å². The van der Waals surface area contributed by atoms with Crippen LogP contribution in [0.1, 0.15) is 30.1 Å². The van der Waals surface area contributed by atoms with E-state index in [-0.39, 0.29) is 18.1 Å². The molecule has 2 atom stereocenters. The molecule has 6 heteroatoms. The quantitative estimate of drug-likeness (QED) is 0.777. The minimum Gasteiger partial charge on any atom is -0.496 e. The van der Waals surface area contributed by atoms with Gasteiger partial charge in [-0.3, -0.25) is 4.79 Å². The summed E-state index contributed by atoms with van der Waals surface area (Å²) in [6.07, 6.45) is 2.11. The van der Waals surface area contributed by atoms with Crippen LogP contribution < -0.4 is 10.1 Å². The van der Waals surface area contributed by atoms with Crippen molar-refractivity contribution in [3.05, 3.63) is 26.3 Å². The number of ether oxygens (including phenoxy) is 2. The molecule has 1 aliphatic rings. The van der Waals surface area contributed by atoms with Crippen molar-refractivity contribution in [1.82, 2.24) is 5.32 Å². The van der Waals surface area contributed by atoms with E-state index < -0.39 is 0 Å². The molecule has 0 aliphatic carbocycles. The van der Waals surface area contributed by atoms with E-state index >= 15 is 0 Å². The van der Waals surface area contributed by atoms with Gasteiger partial charge in [-0.1, -0.05) is 11.6 Å². The minimum atomic E-state index is -0.192. The minimum absolute atomic E-state index is 0.0345.